The number of aryl methyl sites for hydroxylation is 1. The van der Waals surface area contributed by atoms with Crippen molar-refractivity contribution < 1.29 is 12.9 Å². The van der Waals surface area contributed by atoms with E-state index in [-0.39, 0.29) is 23.1 Å². The van der Waals surface area contributed by atoms with Crippen molar-refractivity contribution in [1.82, 2.24) is 19.8 Å². The Hall–Kier alpha value is -2.00. The van der Waals surface area contributed by atoms with E-state index >= 15 is 0 Å². The molecule has 18 heavy (non-hydrogen) atoms. The molecule has 9 heteroatoms. The molecule has 2 aromatic heterocycles. The average molecular weight is 269 g/mol. The lowest BCUT2D eigenvalue weighted by Gasteiger charge is -2.04. The van der Waals surface area contributed by atoms with Gasteiger partial charge in [-0.25, -0.2) is 18.1 Å². The van der Waals surface area contributed by atoms with Crippen molar-refractivity contribution >= 4 is 15.8 Å². The van der Waals surface area contributed by atoms with Crippen LogP contribution >= 0.6 is 0 Å². The molecule has 0 aliphatic heterocycles. The van der Waals surface area contributed by atoms with E-state index in [9.17, 15) is 8.42 Å². The Morgan fingerprint density at radius 2 is 2.22 bits per heavy atom. The van der Waals surface area contributed by atoms with Crippen LogP contribution in [-0.2, 0) is 16.6 Å². The highest BCUT2D eigenvalue weighted by Gasteiger charge is 2.15. The Morgan fingerprint density at radius 1 is 1.44 bits per heavy atom. The van der Waals surface area contributed by atoms with E-state index in [0.717, 1.165) is 0 Å². The fourth-order valence-electron chi connectivity index (χ4n) is 1.21. The van der Waals surface area contributed by atoms with Crippen LogP contribution in [0.1, 0.15) is 11.7 Å². The Bertz CT molecular complexity index is 634. The monoisotopic (exact) mass is 269 g/mol. The summed E-state index contributed by atoms with van der Waals surface area (Å²) in [5.74, 6) is 0.889. The highest BCUT2D eigenvalue weighted by molar-refractivity contribution is 7.89. The average Bonchev–Trinajstić information content (AvgIpc) is 2.73. The molecule has 3 N–H and O–H groups in total. The van der Waals surface area contributed by atoms with Crippen molar-refractivity contribution in [3.8, 4) is 0 Å². The molecule has 0 aromatic carbocycles. The summed E-state index contributed by atoms with van der Waals surface area (Å²) >= 11 is 0. The second-order valence-corrected chi connectivity index (χ2v) is 5.24. The van der Waals surface area contributed by atoms with Crippen LogP contribution in [0.25, 0.3) is 0 Å². The number of rotatable bonds is 4. The van der Waals surface area contributed by atoms with Crippen LogP contribution in [-0.4, -0.2) is 23.5 Å². The summed E-state index contributed by atoms with van der Waals surface area (Å²) in [6.07, 6.45) is 1.18. The molecule has 0 radical (unpaired) electrons. The topological polar surface area (TPSA) is 124 Å². The van der Waals surface area contributed by atoms with Crippen molar-refractivity contribution in [3.05, 3.63) is 30.0 Å². The van der Waals surface area contributed by atoms with Gasteiger partial charge in [-0.15, -0.1) is 0 Å². The molecule has 2 aromatic rings. The van der Waals surface area contributed by atoms with Gasteiger partial charge in [0, 0.05) is 13.1 Å². The lowest BCUT2D eigenvalue weighted by atomic mass is 10.5. The number of nitrogen functional groups attached to an aromatic ring is 1. The number of hydrogen-bond donors (Lipinski definition) is 2. The summed E-state index contributed by atoms with van der Waals surface area (Å²) in [5, 5.41) is 3.58. The van der Waals surface area contributed by atoms with E-state index in [1.54, 1.807) is 6.92 Å². The summed E-state index contributed by atoms with van der Waals surface area (Å²) < 4.78 is 30.7. The zero-order valence-corrected chi connectivity index (χ0v) is 10.3. The largest absolute Gasteiger partial charge is 0.384 e. The van der Waals surface area contributed by atoms with Gasteiger partial charge in [-0.2, -0.15) is 4.98 Å². The van der Waals surface area contributed by atoms with E-state index in [1.807, 2.05) is 0 Å². The van der Waals surface area contributed by atoms with Crippen molar-refractivity contribution in [2.45, 2.75) is 18.4 Å². The Kier molecular flexibility index (Phi) is 3.26. The second-order valence-electron chi connectivity index (χ2n) is 3.47. The number of nitrogens with two attached hydrogens (primary N) is 1. The van der Waals surface area contributed by atoms with Crippen molar-refractivity contribution in [3.63, 3.8) is 0 Å². The second kappa shape index (κ2) is 4.70. The minimum atomic E-state index is -3.66. The number of anilines is 1. The third-order valence-electron chi connectivity index (χ3n) is 2.06. The van der Waals surface area contributed by atoms with Crippen LogP contribution in [0.3, 0.4) is 0 Å². The minimum absolute atomic E-state index is 0.0249. The predicted octanol–water partition coefficient (Wildman–Crippen LogP) is -0.166. The highest BCUT2D eigenvalue weighted by Crippen LogP contribution is 2.09. The van der Waals surface area contributed by atoms with E-state index < -0.39 is 10.0 Å². The Balaban J connectivity index is 2.10. The Labute approximate surface area is 103 Å². The van der Waals surface area contributed by atoms with Gasteiger partial charge in [-0.1, -0.05) is 5.16 Å². The summed E-state index contributed by atoms with van der Waals surface area (Å²) in [5.41, 5.74) is 5.38. The zero-order chi connectivity index (χ0) is 13.2. The number of sulfonamides is 1. The van der Waals surface area contributed by atoms with E-state index in [1.165, 1.54) is 18.3 Å². The minimum Gasteiger partial charge on any atom is -0.384 e. The highest BCUT2D eigenvalue weighted by atomic mass is 32.2. The van der Waals surface area contributed by atoms with E-state index in [0.29, 0.717) is 5.89 Å². The lowest BCUT2D eigenvalue weighted by Crippen LogP contribution is -2.24. The molecular formula is C9H11N5O3S. The summed E-state index contributed by atoms with van der Waals surface area (Å²) in [7, 11) is -3.66. The molecule has 96 valence electrons. The number of pyridine rings is 1. The van der Waals surface area contributed by atoms with Crippen LogP contribution in [0.2, 0.25) is 0 Å². The van der Waals surface area contributed by atoms with Gasteiger partial charge in [0.2, 0.25) is 15.9 Å². The molecule has 0 aliphatic rings. The fourth-order valence-corrected chi connectivity index (χ4v) is 2.13. The number of hydrogen-bond acceptors (Lipinski definition) is 7. The molecule has 0 amide bonds. The van der Waals surface area contributed by atoms with Gasteiger partial charge in [0.05, 0.1) is 6.54 Å². The first-order valence-electron chi connectivity index (χ1n) is 4.98. The fraction of sp³-hybridized carbons (Fsp3) is 0.222. The normalized spacial score (nSPS) is 11.6. The molecule has 0 bridgehead atoms. The van der Waals surface area contributed by atoms with Gasteiger partial charge >= 0.3 is 0 Å². The van der Waals surface area contributed by atoms with Gasteiger partial charge < -0.3 is 10.3 Å². The molecule has 0 aliphatic carbocycles. The molecule has 2 heterocycles. The molecule has 2 rings (SSSR count). The van der Waals surface area contributed by atoms with Crippen LogP contribution in [0.5, 0.6) is 0 Å². The maximum atomic E-state index is 11.8. The van der Waals surface area contributed by atoms with Gasteiger partial charge in [-0.3, -0.25) is 0 Å². The van der Waals surface area contributed by atoms with E-state index in [2.05, 4.69) is 19.8 Å². The summed E-state index contributed by atoms with van der Waals surface area (Å²) in [6.45, 7) is 1.57. The molecule has 0 spiro atoms. The molecule has 0 atom stereocenters. The van der Waals surface area contributed by atoms with Crippen LogP contribution < -0.4 is 10.5 Å². The van der Waals surface area contributed by atoms with Crippen LogP contribution in [0, 0.1) is 6.92 Å². The lowest BCUT2D eigenvalue weighted by molar-refractivity contribution is 0.387. The van der Waals surface area contributed by atoms with Crippen LogP contribution in [0.15, 0.2) is 27.7 Å². The maximum Gasteiger partial charge on any atom is 0.242 e. The van der Waals surface area contributed by atoms with Crippen molar-refractivity contribution in [2.75, 3.05) is 5.73 Å². The summed E-state index contributed by atoms with van der Waals surface area (Å²) in [6, 6.07) is 2.78. The number of nitrogens with zero attached hydrogens (tertiary/aromatic N) is 3. The van der Waals surface area contributed by atoms with E-state index in [4.69, 9.17) is 10.3 Å². The Morgan fingerprint density at radius 3 is 2.78 bits per heavy atom. The molecule has 0 unspecified atom stereocenters. The third-order valence-corrected chi connectivity index (χ3v) is 3.45. The van der Waals surface area contributed by atoms with Gasteiger partial charge in [0.1, 0.15) is 10.7 Å². The van der Waals surface area contributed by atoms with Gasteiger partial charge in [0.15, 0.2) is 5.82 Å². The van der Waals surface area contributed by atoms with Gasteiger partial charge in [-0.05, 0) is 12.1 Å². The molecule has 0 fully saturated rings. The number of aromatic nitrogens is 3. The zero-order valence-electron chi connectivity index (χ0n) is 9.49. The summed E-state index contributed by atoms with van der Waals surface area (Å²) in [4.78, 5) is 7.62. The molecular weight excluding hydrogens is 258 g/mol. The predicted molar refractivity (Wildman–Crippen MR) is 61.7 cm³/mol. The smallest absolute Gasteiger partial charge is 0.242 e. The maximum absolute atomic E-state index is 11.8. The first-order valence-corrected chi connectivity index (χ1v) is 6.46. The molecule has 0 saturated carbocycles. The quantitative estimate of drug-likeness (QED) is 0.789. The number of nitrogens with one attached hydrogen (secondary N) is 1. The standard InChI is InChI=1S/C9H11N5O3S/c1-6-13-9(14-17-6)5-12-18(15,16)7-2-3-8(10)11-4-7/h2-4,12H,5H2,1H3,(H2,10,11). The first-order chi connectivity index (χ1) is 8.47. The van der Waals surface area contributed by atoms with Crippen LogP contribution in [0.4, 0.5) is 5.82 Å². The molecule has 8 nitrogen and oxygen atoms in total. The van der Waals surface area contributed by atoms with Gasteiger partial charge in [0.25, 0.3) is 0 Å². The molecule has 0 saturated heterocycles. The van der Waals surface area contributed by atoms with Crippen molar-refractivity contribution in [1.29, 1.82) is 0 Å². The first kappa shape index (κ1) is 12.5. The van der Waals surface area contributed by atoms with Crippen molar-refractivity contribution in [2.24, 2.45) is 0 Å². The SMILES string of the molecule is Cc1nc(CNS(=O)(=O)c2ccc(N)nc2)no1. The third kappa shape index (κ3) is 2.81.